The van der Waals surface area contributed by atoms with Gasteiger partial charge in [0.25, 0.3) is 0 Å². The van der Waals surface area contributed by atoms with Crippen molar-refractivity contribution in [1.82, 2.24) is 0 Å². The Morgan fingerprint density at radius 3 is 1.60 bits per heavy atom. The van der Waals surface area contributed by atoms with Crippen LogP contribution in [0.4, 0.5) is 34.1 Å². The highest BCUT2D eigenvalue weighted by molar-refractivity contribution is 7.26. The van der Waals surface area contributed by atoms with E-state index < -0.39 is 5.41 Å². The fourth-order valence-electron chi connectivity index (χ4n) is 11.8. The highest BCUT2D eigenvalue weighted by Gasteiger charge is 2.51. The first-order chi connectivity index (χ1) is 35.7. The Bertz CT molecular complexity index is 4210. The molecule has 1 aliphatic heterocycles. The lowest BCUT2D eigenvalue weighted by molar-refractivity contribution is 0.437. The van der Waals surface area contributed by atoms with Crippen LogP contribution in [0, 0.1) is 0 Å². The minimum Gasteiger partial charge on any atom is -0.457 e. The number of hydrogen-bond acceptors (Lipinski definition) is 5. The first-order valence-electron chi connectivity index (χ1n) is 24.5. The molecular formula is C67H42N2OS2. The van der Waals surface area contributed by atoms with Crippen LogP contribution in [0.1, 0.15) is 22.3 Å². The largest absolute Gasteiger partial charge is 0.457 e. The first-order valence-corrected chi connectivity index (χ1v) is 26.1. The van der Waals surface area contributed by atoms with Gasteiger partial charge in [-0.1, -0.05) is 170 Å². The lowest BCUT2D eigenvalue weighted by atomic mass is 9.66. The number of thiophene rings is 2. The third-order valence-corrected chi connectivity index (χ3v) is 17.2. The zero-order chi connectivity index (χ0) is 47.3. The van der Waals surface area contributed by atoms with E-state index in [-0.39, 0.29) is 0 Å². The fraction of sp³-hybridized carbons (Fsp3) is 0.0149. The average Bonchev–Trinajstić information content (AvgIpc) is 4.10. The van der Waals surface area contributed by atoms with Crippen LogP contribution in [0.3, 0.4) is 0 Å². The van der Waals surface area contributed by atoms with Crippen molar-refractivity contribution in [1.29, 1.82) is 0 Å². The smallest absolute Gasteiger partial charge is 0.134 e. The molecule has 0 fully saturated rings. The van der Waals surface area contributed by atoms with E-state index in [0.29, 0.717) is 0 Å². The van der Waals surface area contributed by atoms with Crippen molar-refractivity contribution in [3.63, 3.8) is 0 Å². The molecule has 1 aliphatic carbocycles. The molecule has 0 saturated heterocycles. The van der Waals surface area contributed by atoms with E-state index in [1.165, 1.54) is 79.3 Å². The molecule has 13 aromatic rings. The van der Waals surface area contributed by atoms with Gasteiger partial charge in [-0.3, -0.25) is 0 Å². The van der Waals surface area contributed by atoms with E-state index >= 15 is 0 Å². The molecule has 0 N–H and O–H groups in total. The molecule has 15 rings (SSSR count). The lowest BCUT2D eigenvalue weighted by Gasteiger charge is -2.40. The Kier molecular flexibility index (Phi) is 9.22. The number of rotatable bonds is 7. The van der Waals surface area contributed by atoms with Gasteiger partial charge in [0.1, 0.15) is 11.5 Å². The van der Waals surface area contributed by atoms with Gasteiger partial charge in [0.15, 0.2) is 0 Å². The molecule has 5 heteroatoms. The highest BCUT2D eigenvalue weighted by Crippen LogP contribution is 2.63. The summed E-state index contributed by atoms with van der Waals surface area (Å²) in [5.74, 6) is 1.73. The van der Waals surface area contributed by atoms with Crippen molar-refractivity contribution in [2.45, 2.75) is 5.41 Å². The van der Waals surface area contributed by atoms with Gasteiger partial charge in [0.2, 0.25) is 0 Å². The average molecular weight is 955 g/mol. The van der Waals surface area contributed by atoms with Crippen molar-refractivity contribution < 1.29 is 4.74 Å². The third kappa shape index (κ3) is 6.15. The molecule has 2 aromatic heterocycles. The van der Waals surface area contributed by atoms with Gasteiger partial charge in [-0.25, -0.2) is 0 Å². The standard InChI is InChI=1S/C67H42N2OS2/c1-4-17-43(18-5-1)44-31-33-47(34-32-44)68(45-19-6-2-7-20-45)49-35-37-53-55-41-62-59(42-65(55)71-64(53)40-49)67(56-27-13-10-23-50(56)51-24-11-14-28-57(51)67)58-38-36-48(39-61(58)70-62)69(46-21-8-3-9-22-46)60-29-16-26-54-52-25-12-15-30-63(52)72-66(54)60/h1-42H. The summed E-state index contributed by atoms with van der Waals surface area (Å²) in [5, 5.41) is 4.95. The number of benzene rings is 11. The molecule has 0 saturated carbocycles. The van der Waals surface area contributed by atoms with E-state index in [1.54, 1.807) is 0 Å². The Balaban J connectivity index is 0.919. The van der Waals surface area contributed by atoms with Crippen molar-refractivity contribution >= 4 is 97.1 Å². The second kappa shape index (κ2) is 16.2. The van der Waals surface area contributed by atoms with Crippen LogP contribution in [-0.2, 0) is 5.41 Å². The molecule has 11 aromatic carbocycles. The molecule has 0 atom stereocenters. The maximum Gasteiger partial charge on any atom is 0.134 e. The summed E-state index contributed by atoms with van der Waals surface area (Å²) >= 11 is 3.71. The van der Waals surface area contributed by atoms with E-state index in [9.17, 15) is 0 Å². The topological polar surface area (TPSA) is 15.7 Å². The molecule has 3 nitrogen and oxygen atoms in total. The number of fused-ring (bicyclic) bond motifs is 15. The summed E-state index contributed by atoms with van der Waals surface area (Å²) in [7, 11) is 0. The fourth-order valence-corrected chi connectivity index (χ4v) is 14.2. The predicted octanol–water partition coefficient (Wildman–Crippen LogP) is 19.5. The molecule has 2 aliphatic rings. The van der Waals surface area contributed by atoms with Gasteiger partial charge in [0.05, 0.1) is 15.8 Å². The second-order valence-corrected chi connectivity index (χ2v) is 20.9. The summed E-state index contributed by atoms with van der Waals surface area (Å²) in [4.78, 5) is 4.77. The number of hydrogen-bond donors (Lipinski definition) is 0. The molecule has 1 spiro atoms. The number of anilines is 6. The Labute approximate surface area is 425 Å². The van der Waals surface area contributed by atoms with Crippen molar-refractivity contribution in [2.24, 2.45) is 0 Å². The minimum absolute atomic E-state index is 0.622. The third-order valence-electron chi connectivity index (χ3n) is 14.9. The van der Waals surface area contributed by atoms with Crippen LogP contribution in [0.5, 0.6) is 11.5 Å². The molecule has 0 unspecified atom stereocenters. The van der Waals surface area contributed by atoms with Crippen LogP contribution in [-0.4, -0.2) is 0 Å². The maximum atomic E-state index is 7.41. The van der Waals surface area contributed by atoms with Gasteiger partial charge in [-0.2, -0.15) is 0 Å². The quantitative estimate of drug-likeness (QED) is 0.158. The van der Waals surface area contributed by atoms with Crippen LogP contribution < -0.4 is 14.5 Å². The van der Waals surface area contributed by atoms with E-state index in [4.69, 9.17) is 4.74 Å². The Hall–Kier alpha value is -8.74. The summed E-state index contributed by atoms with van der Waals surface area (Å²) in [5.41, 5.74) is 15.8. The number of para-hydroxylation sites is 2. The highest BCUT2D eigenvalue weighted by atomic mass is 32.1. The van der Waals surface area contributed by atoms with Gasteiger partial charge in [0, 0.05) is 81.3 Å². The summed E-state index contributed by atoms with van der Waals surface area (Å²) in [6.07, 6.45) is 0. The number of ether oxygens (including phenoxy) is 1. The normalized spacial score (nSPS) is 12.9. The van der Waals surface area contributed by atoms with E-state index in [0.717, 1.165) is 51.2 Å². The van der Waals surface area contributed by atoms with Gasteiger partial charge >= 0.3 is 0 Å². The van der Waals surface area contributed by atoms with Crippen molar-refractivity contribution in [3.8, 4) is 33.8 Å². The molecular weight excluding hydrogens is 913 g/mol. The van der Waals surface area contributed by atoms with E-state index in [1.807, 2.05) is 22.7 Å². The summed E-state index contributed by atoms with van der Waals surface area (Å²) < 4.78 is 12.4. The molecule has 0 bridgehead atoms. The Morgan fingerprint density at radius 2 is 0.847 bits per heavy atom. The van der Waals surface area contributed by atoms with Gasteiger partial charge in [-0.15, -0.1) is 22.7 Å². The second-order valence-electron chi connectivity index (χ2n) is 18.8. The zero-order valence-corrected chi connectivity index (χ0v) is 40.5. The van der Waals surface area contributed by atoms with Gasteiger partial charge < -0.3 is 14.5 Å². The molecule has 338 valence electrons. The summed E-state index contributed by atoms with van der Waals surface area (Å²) in [6.45, 7) is 0. The van der Waals surface area contributed by atoms with Crippen molar-refractivity contribution in [3.05, 3.63) is 277 Å². The molecule has 72 heavy (non-hydrogen) atoms. The molecule has 0 radical (unpaired) electrons. The SMILES string of the molecule is c1ccc(-c2ccc(N(c3ccccc3)c3ccc4c(c3)sc3cc5c(cc34)Oc3cc(N(c4ccccc4)c4cccc6c4sc4ccccc46)ccc3C53c4ccccc4-c4ccccc43)cc2)cc1. The maximum absolute atomic E-state index is 7.41. The van der Waals surface area contributed by atoms with Gasteiger partial charge in [-0.05, 0) is 112 Å². The summed E-state index contributed by atoms with van der Waals surface area (Å²) in [6, 6.07) is 93.1. The lowest BCUT2D eigenvalue weighted by Crippen LogP contribution is -2.32. The monoisotopic (exact) mass is 954 g/mol. The number of nitrogens with zero attached hydrogens (tertiary/aromatic N) is 2. The van der Waals surface area contributed by atoms with E-state index in [2.05, 4.69) is 265 Å². The minimum atomic E-state index is -0.622. The van der Waals surface area contributed by atoms with Crippen LogP contribution in [0.2, 0.25) is 0 Å². The first kappa shape index (κ1) is 41.1. The van der Waals surface area contributed by atoms with Crippen LogP contribution in [0.25, 0.3) is 62.6 Å². The van der Waals surface area contributed by atoms with Crippen LogP contribution in [0.15, 0.2) is 255 Å². The van der Waals surface area contributed by atoms with Crippen molar-refractivity contribution in [2.75, 3.05) is 9.80 Å². The molecule has 0 amide bonds. The predicted molar refractivity (Wildman–Crippen MR) is 304 cm³/mol. The molecule has 3 heterocycles. The zero-order valence-electron chi connectivity index (χ0n) is 38.9. The Morgan fingerprint density at radius 1 is 0.306 bits per heavy atom. The van der Waals surface area contributed by atoms with Crippen LogP contribution >= 0.6 is 22.7 Å².